The lowest BCUT2D eigenvalue weighted by Crippen LogP contribution is -2.15. The fourth-order valence-corrected chi connectivity index (χ4v) is 2.78. The zero-order valence-electron chi connectivity index (χ0n) is 18.8. The van der Waals surface area contributed by atoms with Crippen LogP contribution in [0, 0.1) is 0 Å². The fourth-order valence-electron chi connectivity index (χ4n) is 2.78. The highest BCUT2D eigenvalue weighted by Crippen LogP contribution is 2.10. The summed E-state index contributed by atoms with van der Waals surface area (Å²) in [4.78, 5) is 11.2. The van der Waals surface area contributed by atoms with Gasteiger partial charge in [0.05, 0.1) is 0 Å². The van der Waals surface area contributed by atoms with Crippen LogP contribution < -0.4 is 0 Å². The van der Waals surface area contributed by atoms with E-state index in [1.165, 1.54) is 70.6 Å². The number of rotatable bonds is 18. The lowest BCUT2D eigenvalue weighted by molar-refractivity contribution is -0.126. The van der Waals surface area contributed by atoms with Crippen LogP contribution in [0.25, 0.3) is 0 Å². The molecular formula is C24H48O3. The van der Waals surface area contributed by atoms with Gasteiger partial charge in [0.2, 0.25) is 0 Å². The van der Waals surface area contributed by atoms with E-state index >= 15 is 0 Å². The van der Waals surface area contributed by atoms with Crippen LogP contribution in [0.5, 0.6) is 0 Å². The third-order valence-corrected chi connectivity index (χ3v) is 4.56. The van der Waals surface area contributed by atoms with Crippen LogP contribution in [0.4, 0.5) is 0 Å². The standard InChI is InChI=1S/C20H38O2.C4H10O/c1-3-4-5-6-7-8-9-10-11-12-13-14-15-16-17-18-20(22)19(2)21;1-3-5-4-2/h10-11,19,21H,3-9,12-18H2,1-2H3;3-4H2,1-2H3/b11-10-;. The summed E-state index contributed by atoms with van der Waals surface area (Å²) >= 11 is 0. The van der Waals surface area contributed by atoms with Gasteiger partial charge in [-0.25, -0.2) is 0 Å². The second-order valence-corrected chi connectivity index (χ2v) is 7.26. The summed E-state index contributed by atoms with van der Waals surface area (Å²) in [6.45, 7) is 9.48. The minimum absolute atomic E-state index is 0.0161. The molecule has 0 heterocycles. The summed E-state index contributed by atoms with van der Waals surface area (Å²) in [6.07, 6.45) is 20.9. The number of ether oxygens (including phenoxy) is 1. The number of unbranched alkanes of at least 4 members (excludes halogenated alkanes) is 11. The lowest BCUT2D eigenvalue weighted by atomic mass is 10.1. The van der Waals surface area contributed by atoms with Gasteiger partial charge in [0.1, 0.15) is 6.10 Å². The van der Waals surface area contributed by atoms with Crippen molar-refractivity contribution in [3.63, 3.8) is 0 Å². The largest absolute Gasteiger partial charge is 0.386 e. The molecule has 0 aromatic heterocycles. The minimum atomic E-state index is -0.781. The Morgan fingerprint density at radius 1 is 0.778 bits per heavy atom. The molecule has 0 aromatic carbocycles. The van der Waals surface area contributed by atoms with E-state index in [0.717, 1.165) is 26.1 Å². The number of hydrogen-bond donors (Lipinski definition) is 1. The van der Waals surface area contributed by atoms with Crippen molar-refractivity contribution < 1.29 is 14.6 Å². The molecule has 0 bridgehead atoms. The monoisotopic (exact) mass is 384 g/mol. The van der Waals surface area contributed by atoms with Gasteiger partial charge in [-0.1, -0.05) is 70.4 Å². The third kappa shape index (κ3) is 27.6. The first-order chi connectivity index (χ1) is 13.1. The second kappa shape index (κ2) is 25.3. The van der Waals surface area contributed by atoms with Crippen LogP contribution in [0.1, 0.15) is 118 Å². The van der Waals surface area contributed by atoms with Gasteiger partial charge < -0.3 is 9.84 Å². The second-order valence-electron chi connectivity index (χ2n) is 7.26. The molecule has 0 aliphatic heterocycles. The number of Topliss-reactive ketones (excluding diaryl/α,β-unsaturated/α-hetero) is 1. The summed E-state index contributed by atoms with van der Waals surface area (Å²) in [7, 11) is 0. The Bertz CT molecular complexity index is 309. The Morgan fingerprint density at radius 2 is 1.22 bits per heavy atom. The van der Waals surface area contributed by atoms with Crippen molar-refractivity contribution in [2.45, 2.75) is 124 Å². The highest BCUT2D eigenvalue weighted by atomic mass is 16.5. The fraction of sp³-hybridized carbons (Fsp3) is 0.875. The summed E-state index contributed by atoms with van der Waals surface area (Å²) in [5.74, 6) is -0.0161. The molecule has 0 spiro atoms. The van der Waals surface area contributed by atoms with E-state index in [9.17, 15) is 4.79 Å². The normalized spacial score (nSPS) is 12.0. The molecule has 3 heteroatoms. The molecule has 0 amide bonds. The molecule has 0 aliphatic rings. The van der Waals surface area contributed by atoms with Crippen molar-refractivity contribution in [3.8, 4) is 0 Å². The predicted molar refractivity (Wildman–Crippen MR) is 118 cm³/mol. The maximum Gasteiger partial charge on any atom is 0.160 e. The van der Waals surface area contributed by atoms with Gasteiger partial charge in [-0.3, -0.25) is 4.79 Å². The molecule has 0 radical (unpaired) electrons. The lowest BCUT2D eigenvalue weighted by Gasteiger charge is -2.03. The van der Waals surface area contributed by atoms with Crippen molar-refractivity contribution in [3.05, 3.63) is 12.2 Å². The molecule has 0 aliphatic carbocycles. The summed E-state index contributed by atoms with van der Waals surface area (Å²) in [5.41, 5.74) is 0. The molecule has 1 N–H and O–H groups in total. The summed E-state index contributed by atoms with van der Waals surface area (Å²) in [5, 5.41) is 9.08. The molecule has 0 rings (SSSR count). The minimum Gasteiger partial charge on any atom is -0.386 e. The number of carbonyl (C=O) groups is 1. The quantitative estimate of drug-likeness (QED) is 0.204. The first kappa shape index (κ1) is 28.5. The van der Waals surface area contributed by atoms with Crippen LogP contribution >= 0.6 is 0 Å². The molecule has 0 saturated heterocycles. The highest BCUT2D eigenvalue weighted by molar-refractivity contribution is 5.82. The first-order valence-corrected chi connectivity index (χ1v) is 11.5. The van der Waals surface area contributed by atoms with E-state index in [0.29, 0.717) is 6.42 Å². The number of aliphatic hydroxyl groups is 1. The predicted octanol–water partition coefficient (Wildman–Crippen LogP) is 7.02. The van der Waals surface area contributed by atoms with Gasteiger partial charge in [0, 0.05) is 19.6 Å². The maximum absolute atomic E-state index is 11.2. The van der Waals surface area contributed by atoms with Crippen molar-refractivity contribution in [2.75, 3.05) is 13.2 Å². The molecule has 0 fully saturated rings. The number of aliphatic hydroxyl groups excluding tert-OH is 1. The van der Waals surface area contributed by atoms with Crippen LogP contribution in [0.2, 0.25) is 0 Å². The van der Waals surface area contributed by atoms with Crippen LogP contribution in [-0.2, 0) is 9.53 Å². The van der Waals surface area contributed by atoms with Crippen LogP contribution in [0.15, 0.2) is 12.2 Å². The molecule has 0 saturated carbocycles. The maximum atomic E-state index is 11.2. The summed E-state index contributed by atoms with van der Waals surface area (Å²) < 4.78 is 4.83. The van der Waals surface area contributed by atoms with Gasteiger partial charge >= 0.3 is 0 Å². The average molecular weight is 385 g/mol. The topological polar surface area (TPSA) is 46.5 Å². The molecule has 1 unspecified atom stereocenters. The molecular weight excluding hydrogens is 336 g/mol. The highest BCUT2D eigenvalue weighted by Gasteiger charge is 2.07. The van der Waals surface area contributed by atoms with E-state index in [2.05, 4.69) is 19.1 Å². The van der Waals surface area contributed by atoms with Crippen molar-refractivity contribution in [2.24, 2.45) is 0 Å². The zero-order valence-corrected chi connectivity index (χ0v) is 18.8. The number of carbonyl (C=O) groups excluding carboxylic acids is 1. The Kier molecular flexibility index (Phi) is 26.8. The molecule has 162 valence electrons. The van der Waals surface area contributed by atoms with E-state index in [4.69, 9.17) is 9.84 Å². The number of allylic oxidation sites excluding steroid dienone is 2. The average Bonchev–Trinajstić information content (AvgIpc) is 2.65. The molecule has 27 heavy (non-hydrogen) atoms. The Balaban J connectivity index is 0. The van der Waals surface area contributed by atoms with Gasteiger partial charge in [-0.2, -0.15) is 0 Å². The Hall–Kier alpha value is -0.670. The van der Waals surface area contributed by atoms with E-state index in [1.54, 1.807) is 6.92 Å². The van der Waals surface area contributed by atoms with Crippen LogP contribution in [0.3, 0.4) is 0 Å². The van der Waals surface area contributed by atoms with Gasteiger partial charge in [0.25, 0.3) is 0 Å². The van der Waals surface area contributed by atoms with E-state index < -0.39 is 6.10 Å². The van der Waals surface area contributed by atoms with Crippen molar-refractivity contribution in [1.29, 1.82) is 0 Å². The molecule has 3 nitrogen and oxygen atoms in total. The van der Waals surface area contributed by atoms with E-state index in [-0.39, 0.29) is 5.78 Å². The van der Waals surface area contributed by atoms with Crippen molar-refractivity contribution in [1.82, 2.24) is 0 Å². The van der Waals surface area contributed by atoms with Gasteiger partial charge in [-0.15, -0.1) is 0 Å². The molecule has 1 atom stereocenters. The zero-order chi connectivity index (χ0) is 20.6. The van der Waals surface area contributed by atoms with Gasteiger partial charge in [-0.05, 0) is 52.9 Å². The van der Waals surface area contributed by atoms with Gasteiger partial charge in [0.15, 0.2) is 5.78 Å². The Morgan fingerprint density at radius 3 is 1.63 bits per heavy atom. The smallest absolute Gasteiger partial charge is 0.160 e. The Labute approximate surface area is 170 Å². The van der Waals surface area contributed by atoms with E-state index in [1.807, 2.05) is 13.8 Å². The number of ketones is 1. The first-order valence-electron chi connectivity index (χ1n) is 11.5. The van der Waals surface area contributed by atoms with Crippen LogP contribution in [-0.4, -0.2) is 30.2 Å². The van der Waals surface area contributed by atoms with Crippen molar-refractivity contribution >= 4 is 5.78 Å². The summed E-state index contributed by atoms with van der Waals surface area (Å²) in [6, 6.07) is 0. The SMILES string of the molecule is CCCCCCCC/C=C\CCCCCCCC(=O)C(C)O.CCOCC. The third-order valence-electron chi connectivity index (χ3n) is 4.56. The number of hydrogen-bond acceptors (Lipinski definition) is 3. The molecule has 0 aromatic rings.